The number of cyclic esters (lactones) is 1. The van der Waals surface area contributed by atoms with E-state index < -0.39 is 89.5 Å². The van der Waals surface area contributed by atoms with Gasteiger partial charge in [0.15, 0.2) is 6.29 Å². The fourth-order valence-corrected chi connectivity index (χ4v) is 10.5. The van der Waals surface area contributed by atoms with Gasteiger partial charge in [-0.3, -0.25) is 4.79 Å². The highest BCUT2D eigenvalue weighted by Crippen LogP contribution is 2.71. The van der Waals surface area contributed by atoms with Gasteiger partial charge >= 0.3 is 5.97 Å². The van der Waals surface area contributed by atoms with Crippen LogP contribution in [0.25, 0.3) is 0 Å². The number of rotatable bonds is 4. The van der Waals surface area contributed by atoms with Gasteiger partial charge in [-0.05, 0) is 50.9 Å². The van der Waals surface area contributed by atoms with E-state index in [0.717, 1.165) is 0 Å². The maximum Gasteiger partial charge on any atom is 0.306 e. The number of carbonyl (C=O) groups is 1. The summed E-state index contributed by atoms with van der Waals surface area (Å²) in [6.45, 7) is 3.20. The molecule has 234 valence electrons. The molecule has 12 heteroatoms. The zero-order chi connectivity index (χ0) is 29.7. The van der Waals surface area contributed by atoms with Gasteiger partial charge in [0.25, 0.3) is 0 Å². The second-order valence-corrected chi connectivity index (χ2v) is 14.2. The molecule has 4 aliphatic carbocycles. The van der Waals surface area contributed by atoms with Crippen LogP contribution in [0.3, 0.4) is 0 Å². The zero-order valence-electron chi connectivity index (χ0n) is 23.7. The van der Waals surface area contributed by atoms with Gasteiger partial charge < -0.3 is 55.1 Å². The fourth-order valence-electron chi connectivity index (χ4n) is 10.5. The van der Waals surface area contributed by atoms with Gasteiger partial charge in [-0.1, -0.05) is 6.92 Å². The maximum atomic E-state index is 12.4. The Bertz CT molecular complexity index is 1030. The lowest BCUT2D eigenvalue weighted by Gasteiger charge is -2.68. The Hall–Kier alpha value is -0.930. The number of aliphatic hydroxyl groups excluding tert-OH is 6. The van der Waals surface area contributed by atoms with Crippen LogP contribution in [0.1, 0.15) is 65.2 Å². The van der Waals surface area contributed by atoms with Gasteiger partial charge in [0.05, 0.1) is 60.7 Å². The minimum absolute atomic E-state index is 0.0278. The Kier molecular flexibility index (Phi) is 7.38. The third-order valence-electron chi connectivity index (χ3n) is 12.6. The molecule has 6 fully saturated rings. The van der Waals surface area contributed by atoms with Crippen LogP contribution < -0.4 is 0 Å². The van der Waals surface area contributed by atoms with Crippen LogP contribution in [0.15, 0.2) is 0 Å². The quantitative estimate of drug-likeness (QED) is 0.141. The molecule has 0 aromatic rings. The highest BCUT2D eigenvalue weighted by Gasteiger charge is 2.75. The van der Waals surface area contributed by atoms with Crippen molar-refractivity contribution < 1.29 is 59.9 Å². The molecular formula is C29H46O12. The third-order valence-corrected chi connectivity index (χ3v) is 12.6. The normalized spacial score (nSPS) is 58.8. The number of carbonyl (C=O) groups excluding carboxylic acids is 1. The highest BCUT2D eigenvalue weighted by molar-refractivity contribution is 5.71. The first-order chi connectivity index (χ1) is 19.2. The lowest BCUT2D eigenvalue weighted by atomic mass is 9.40. The Labute approximate surface area is 239 Å². The molecule has 6 rings (SSSR count). The smallest absolute Gasteiger partial charge is 0.306 e. The van der Waals surface area contributed by atoms with Crippen LogP contribution >= 0.6 is 0 Å². The first kappa shape index (κ1) is 30.1. The van der Waals surface area contributed by atoms with Gasteiger partial charge in [0.2, 0.25) is 0 Å². The van der Waals surface area contributed by atoms with Crippen molar-refractivity contribution in [1.82, 2.24) is 0 Å². The van der Waals surface area contributed by atoms with E-state index >= 15 is 0 Å². The number of fused-ring (bicyclic) bond motifs is 5. The second-order valence-electron chi connectivity index (χ2n) is 14.2. The summed E-state index contributed by atoms with van der Waals surface area (Å²) in [7, 11) is 0. The summed E-state index contributed by atoms with van der Waals surface area (Å²) < 4.78 is 16.8. The number of esters is 1. The van der Waals surface area contributed by atoms with E-state index in [0.29, 0.717) is 25.9 Å². The van der Waals surface area contributed by atoms with Gasteiger partial charge in [-0.15, -0.1) is 0 Å². The Morgan fingerprint density at radius 1 is 0.976 bits per heavy atom. The van der Waals surface area contributed by atoms with E-state index in [1.807, 2.05) is 6.92 Å². The summed E-state index contributed by atoms with van der Waals surface area (Å²) in [6.07, 6.45) is -7.60. The average Bonchev–Trinajstić information content (AvgIpc) is 3.45. The minimum Gasteiger partial charge on any atom is -0.465 e. The predicted octanol–water partition coefficient (Wildman–Crippen LogP) is -1.44. The van der Waals surface area contributed by atoms with Crippen molar-refractivity contribution in [2.75, 3.05) is 13.2 Å². The second kappa shape index (κ2) is 10.0. The molecule has 0 radical (unpaired) electrons. The highest BCUT2D eigenvalue weighted by atomic mass is 16.7. The fraction of sp³-hybridized carbons (Fsp3) is 0.966. The van der Waals surface area contributed by atoms with Crippen molar-refractivity contribution in [3.63, 3.8) is 0 Å². The van der Waals surface area contributed by atoms with E-state index in [4.69, 9.17) is 14.2 Å². The molecule has 6 aliphatic rings. The van der Waals surface area contributed by atoms with Gasteiger partial charge in [-0.2, -0.15) is 0 Å². The van der Waals surface area contributed by atoms with E-state index in [2.05, 4.69) is 0 Å². The summed E-state index contributed by atoms with van der Waals surface area (Å²) >= 11 is 0. The largest absolute Gasteiger partial charge is 0.465 e. The molecule has 0 unspecified atom stereocenters. The number of hydrogen-bond donors (Lipinski definition) is 8. The van der Waals surface area contributed by atoms with Crippen LogP contribution in [0, 0.1) is 34.5 Å². The van der Waals surface area contributed by atoms with Crippen LogP contribution in [0.4, 0.5) is 0 Å². The molecule has 0 aromatic carbocycles. The van der Waals surface area contributed by atoms with Crippen molar-refractivity contribution in [2.24, 2.45) is 34.5 Å². The molecular weight excluding hydrogens is 540 g/mol. The lowest BCUT2D eigenvalue weighted by molar-refractivity contribution is -0.342. The molecule has 16 atom stereocenters. The monoisotopic (exact) mass is 586 g/mol. The summed E-state index contributed by atoms with van der Waals surface area (Å²) in [4.78, 5) is 11.9. The zero-order valence-corrected chi connectivity index (χ0v) is 23.7. The van der Waals surface area contributed by atoms with E-state index in [1.54, 1.807) is 0 Å². The average molecular weight is 587 g/mol. The molecule has 0 spiro atoms. The molecule has 4 saturated carbocycles. The van der Waals surface area contributed by atoms with Crippen LogP contribution in [0.2, 0.25) is 0 Å². The molecule has 2 saturated heterocycles. The molecule has 41 heavy (non-hydrogen) atoms. The third kappa shape index (κ3) is 4.05. The molecule has 0 amide bonds. The van der Waals surface area contributed by atoms with E-state index in [9.17, 15) is 45.6 Å². The van der Waals surface area contributed by atoms with Crippen molar-refractivity contribution >= 4 is 5.97 Å². The van der Waals surface area contributed by atoms with Crippen molar-refractivity contribution in [3.8, 4) is 0 Å². The standard InChI is InChI=1S/C29H46O12/c1-13-22(34)23(35)24(36)25(40-13)41-15-8-19(32)28(12-30)21-17(3-5-27(28,37)9-15)29(38)6-4-16(14-7-20(33)39-11-14)26(29,2)10-18(21)31/h13-19,21-25,30-32,34-38H,3-12H2,1-2H3/t13-,14+,15+,16+,17+,18+,19+,21+,22-,23+,24-,25+,26-,27-,28-,29+/m1/s1. The first-order valence-electron chi connectivity index (χ1n) is 15.1. The van der Waals surface area contributed by atoms with Crippen LogP contribution in [0.5, 0.6) is 0 Å². The van der Waals surface area contributed by atoms with E-state index in [-0.39, 0.29) is 49.9 Å². The van der Waals surface area contributed by atoms with Crippen molar-refractivity contribution in [2.45, 2.75) is 125 Å². The molecule has 0 aromatic heterocycles. The van der Waals surface area contributed by atoms with E-state index in [1.165, 1.54) is 6.92 Å². The summed E-state index contributed by atoms with van der Waals surface area (Å²) in [5.41, 5.74) is -5.13. The topological polar surface area (TPSA) is 207 Å². The number of aliphatic hydroxyl groups is 8. The molecule has 2 heterocycles. The first-order valence-corrected chi connectivity index (χ1v) is 15.1. The minimum atomic E-state index is -1.66. The van der Waals surface area contributed by atoms with Crippen LogP contribution in [-0.4, -0.2) is 120 Å². The molecule has 2 aliphatic heterocycles. The molecule has 8 N–H and O–H groups in total. The summed E-state index contributed by atoms with van der Waals surface area (Å²) in [5.74, 6) is -1.63. The maximum absolute atomic E-state index is 12.4. The number of hydrogen-bond acceptors (Lipinski definition) is 12. The summed E-state index contributed by atoms with van der Waals surface area (Å²) in [6, 6.07) is 0. The SMILES string of the molecule is C[C@H]1O[C@@H](O[C@H]2C[C@H](O)[C@]3(CO)[C@@H]4[C@@H](O)C[C@]5(C)[C@H]([C@@H]6COC(=O)C6)CC[C@]5(O)[C@H]4CC[C@@]3(O)C2)[C@H](O)[C@@H](O)[C@@H]1O. The predicted molar refractivity (Wildman–Crippen MR) is 139 cm³/mol. The van der Waals surface area contributed by atoms with Crippen LogP contribution in [-0.2, 0) is 19.0 Å². The molecule has 0 bridgehead atoms. The van der Waals surface area contributed by atoms with Gasteiger partial charge in [0, 0.05) is 30.1 Å². The van der Waals surface area contributed by atoms with Crippen molar-refractivity contribution in [3.05, 3.63) is 0 Å². The van der Waals surface area contributed by atoms with Gasteiger partial charge in [0.1, 0.15) is 18.3 Å². The van der Waals surface area contributed by atoms with Crippen molar-refractivity contribution in [1.29, 1.82) is 0 Å². The molecule has 12 nitrogen and oxygen atoms in total. The van der Waals surface area contributed by atoms with Gasteiger partial charge in [-0.25, -0.2) is 0 Å². The Morgan fingerprint density at radius 3 is 2.34 bits per heavy atom. The summed E-state index contributed by atoms with van der Waals surface area (Å²) in [5, 5.41) is 89.7. The lowest BCUT2D eigenvalue weighted by Crippen LogP contribution is -2.76. The number of ether oxygens (including phenoxy) is 3. The Balaban J connectivity index is 1.27. The Morgan fingerprint density at radius 2 is 1.68 bits per heavy atom.